The minimum absolute atomic E-state index is 0.0577. The zero-order valence-corrected chi connectivity index (χ0v) is 16.4. The molecular weight excluding hydrogens is 340 g/mol. The number of hydrogen-bond acceptors (Lipinski definition) is 4. The average Bonchev–Trinajstić information content (AvgIpc) is 2.62. The summed E-state index contributed by atoms with van der Waals surface area (Å²) >= 11 is 0. The number of hydrogen-bond donors (Lipinski definition) is 2. The summed E-state index contributed by atoms with van der Waals surface area (Å²) in [6, 6.07) is 13.5. The van der Waals surface area contributed by atoms with Crippen LogP contribution in [-0.4, -0.2) is 41.8 Å². The maximum atomic E-state index is 12.4. The first-order chi connectivity index (χ1) is 12.8. The molecule has 0 aliphatic carbocycles. The highest BCUT2D eigenvalue weighted by Gasteiger charge is 2.19. The molecule has 1 heterocycles. The molecule has 2 rings (SSSR count). The Labute approximate surface area is 161 Å². The molecule has 144 valence electrons. The molecule has 2 N–H and O–H groups in total. The summed E-state index contributed by atoms with van der Waals surface area (Å²) in [6.07, 6.45) is 1.70. The molecule has 27 heavy (non-hydrogen) atoms. The van der Waals surface area contributed by atoms with Crippen LogP contribution in [0.25, 0.3) is 0 Å². The van der Waals surface area contributed by atoms with Crippen LogP contribution in [0.4, 0.5) is 5.82 Å². The summed E-state index contributed by atoms with van der Waals surface area (Å²) in [4.78, 5) is 30.4. The number of carbonyl (C=O) groups excluding carboxylic acids is 2. The number of pyridine rings is 1. The molecule has 0 saturated heterocycles. The maximum Gasteiger partial charge on any atom is 0.239 e. The molecule has 1 aromatic carbocycles. The van der Waals surface area contributed by atoms with Crippen LogP contribution in [0.2, 0.25) is 0 Å². The minimum Gasteiger partial charge on any atom is -0.348 e. The number of rotatable bonds is 8. The third-order valence-electron chi connectivity index (χ3n) is 4.15. The molecule has 1 atom stereocenters. The topological polar surface area (TPSA) is 74.3 Å². The van der Waals surface area contributed by atoms with Crippen molar-refractivity contribution in [3.63, 3.8) is 0 Å². The highest BCUT2D eigenvalue weighted by Crippen LogP contribution is 2.21. The Kier molecular flexibility index (Phi) is 7.49. The second kappa shape index (κ2) is 9.83. The van der Waals surface area contributed by atoms with Crippen molar-refractivity contribution < 1.29 is 9.59 Å². The number of likely N-dealkylation sites (N-methyl/N-ethyl adjacent to an activating group) is 1. The summed E-state index contributed by atoms with van der Waals surface area (Å²) < 4.78 is 0. The quantitative estimate of drug-likeness (QED) is 0.751. The van der Waals surface area contributed by atoms with E-state index < -0.39 is 0 Å². The number of carbonyl (C=O) groups is 2. The zero-order chi connectivity index (χ0) is 19.8. The van der Waals surface area contributed by atoms with Gasteiger partial charge in [0.15, 0.2) is 0 Å². The third-order valence-corrected chi connectivity index (χ3v) is 4.15. The van der Waals surface area contributed by atoms with Gasteiger partial charge in [0.1, 0.15) is 5.82 Å². The summed E-state index contributed by atoms with van der Waals surface area (Å²) in [6.45, 7) is 6.34. The number of aromatic nitrogens is 1. The lowest BCUT2D eigenvalue weighted by Gasteiger charge is -2.24. The molecule has 6 nitrogen and oxygen atoms in total. The van der Waals surface area contributed by atoms with Crippen LogP contribution in [0.5, 0.6) is 0 Å². The van der Waals surface area contributed by atoms with Crippen LogP contribution < -0.4 is 10.6 Å². The van der Waals surface area contributed by atoms with E-state index >= 15 is 0 Å². The Bertz CT molecular complexity index is 745. The number of anilines is 1. The van der Waals surface area contributed by atoms with Crippen LogP contribution >= 0.6 is 0 Å². The Morgan fingerprint density at radius 3 is 2.30 bits per heavy atom. The standard InChI is InChI=1S/C21H28N4O2/c1-15(2)21(17-8-6-5-7-9-17)24-20(27)14-25(4)13-19(26)23-18-11-10-16(3)12-22-18/h5-12,15,21H,13-14H2,1-4H3,(H,24,27)(H,22,23,26). The van der Waals surface area contributed by atoms with Gasteiger partial charge in [-0.15, -0.1) is 0 Å². The highest BCUT2D eigenvalue weighted by molar-refractivity contribution is 5.91. The molecule has 0 aliphatic heterocycles. The molecule has 0 saturated carbocycles. The second-order valence-electron chi connectivity index (χ2n) is 7.14. The third kappa shape index (κ3) is 6.83. The lowest BCUT2D eigenvalue weighted by atomic mass is 9.96. The van der Waals surface area contributed by atoms with Gasteiger partial charge in [-0.2, -0.15) is 0 Å². The lowest BCUT2D eigenvalue weighted by molar-refractivity contribution is -0.123. The number of amides is 2. The van der Waals surface area contributed by atoms with Gasteiger partial charge in [0.2, 0.25) is 11.8 Å². The van der Waals surface area contributed by atoms with E-state index in [0.29, 0.717) is 5.82 Å². The summed E-state index contributed by atoms with van der Waals surface area (Å²) in [5, 5.41) is 5.80. The van der Waals surface area contributed by atoms with Gasteiger partial charge >= 0.3 is 0 Å². The molecule has 2 aromatic rings. The van der Waals surface area contributed by atoms with Crippen molar-refractivity contribution in [1.82, 2.24) is 15.2 Å². The number of benzene rings is 1. The van der Waals surface area contributed by atoms with Crippen molar-refractivity contribution in [2.24, 2.45) is 5.92 Å². The molecule has 0 bridgehead atoms. The smallest absolute Gasteiger partial charge is 0.239 e. The van der Waals surface area contributed by atoms with Gasteiger partial charge in [-0.3, -0.25) is 14.5 Å². The number of nitrogens with zero attached hydrogens (tertiary/aromatic N) is 2. The average molecular weight is 368 g/mol. The largest absolute Gasteiger partial charge is 0.348 e. The monoisotopic (exact) mass is 368 g/mol. The van der Waals surface area contributed by atoms with Gasteiger partial charge in [-0.25, -0.2) is 4.98 Å². The van der Waals surface area contributed by atoms with Crippen molar-refractivity contribution in [3.8, 4) is 0 Å². The van der Waals surface area contributed by atoms with Crippen LogP contribution in [0.15, 0.2) is 48.7 Å². The summed E-state index contributed by atoms with van der Waals surface area (Å²) in [7, 11) is 1.74. The van der Waals surface area contributed by atoms with Crippen molar-refractivity contribution in [1.29, 1.82) is 0 Å². The van der Waals surface area contributed by atoms with Crippen LogP contribution in [-0.2, 0) is 9.59 Å². The number of aryl methyl sites for hydroxylation is 1. The predicted molar refractivity (Wildman–Crippen MR) is 107 cm³/mol. The first kappa shape index (κ1) is 20.6. The highest BCUT2D eigenvalue weighted by atomic mass is 16.2. The fourth-order valence-electron chi connectivity index (χ4n) is 2.78. The second-order valence-corrected chi connectivity index (χ2v) is 7.14. The van der Waals surface area contributed by atoms with E-state index in [-0.39, 0.29) is 36.9 Å². The first-order valence-corrected chi connectivity index (χ1v) is 9.10. The SMILES string of the molecule is Cc1ccc(NC(=O)CN(C)CC(=O)NC(c2ccccc2)C(C)C)nc1. The van der Waals surface area contributed by atoms with Crippen LogP contribution in [0.1, 0.15) is 31.0 Å². The maximum absolute atomic E-state index is 12.4. The fraction of sp³-hybridized carbons (Fsp3) is 0.381. The Balaban J connectivity index is 1.85. The molecule has 0 aliphatic rings. The fourth-order valence-corrected chi connectivity index (χ4v) is 2.78. The minimum atomic E-state index is -0.204. The normalized spacial score (nSPS) is 12.1. The first-order valence-electron chi connectivity index (χ1n) is 9.10. The van der Waals surface area contributed by atoms with E-state index in [1.165, 1.54) is 0 Å². The van der Waals surface area contributed by atoms with E-state index in [1.54, 1.807) is 24.2 Å². The van der Waals surface area contributed by atoms with Crippen LogP contribution in [0.3, 0.4) is 0 Å². The zero-order valence-electron chi connectivity index (χ0n) is 16.4. The van der Waals surface area contributed by atoms with Gasteiger partial charge in [-0.1, -0.05) is 50.2 Å². The molecule has 1 aromatic heterocycles. The Hall–Kier alpha value is -2.73. The van der Waals surface area contributed by atoms with Gasteiger partial charge in [0, 0.05) is 6.20 Å². The van der Waals surface area contributed by atoms with Crippen molar-refractivity contribution in [3.05, 3.63) is 59.8 Å². The van der Waals surface area contributed by atoms with Gasteiger partial charge in [-0.05, 0) is 37.1 Å². The predicted octanol–water partition coefficient (Wildman–Crippen LogP) is 2.77. The van der Waals surface area contributed by atoms with Crippen molar-refractivity contribution in [2.45, 2.75) is 26.8 Å². The van der Waals surface area contributed by atoms with E-state index in [1.807, 2.05) is 43.3 Å². The summed E-state index contributed by atoms with van der Waals surface area (Å²) in [5.41, 5.74) is 2.10. The molecule has 0 spiro atoms. The Morgan fingerprint density at radius 1 is 1.04 bits per heavy atom. The van der Waals surface area contributed by atoms with Crippen molar-refractivity contribution in [2.75, 3.05) is 25.5 Å². The van der Waals surface area contributed by atoms with Gasteiger partial charge in [0.05, 0.1) is 19.1 Å². The van der Waals surface area contributed by atoms with Crippen LogP contribution in [0, 0.1) is 12.8 Å². The van der Waals surface area contributed by atoms with E-state index in [4.69, 9.17) is 0 Å². The molecule has 1 unspecified atom stereocenters. The number of nitrogens with one attached hydrogen (secondary N) is 2. The molecule has 2 amide bonds. The van der Waals surface area contributed by atoms with E-state index in [2.05, 4.69) is 29.5 Å². The van der Waals surface area contributed by atoms with E-state index in [9.17, 15) is 9.59 Å². The molecule has 6 heteroatoms. The summed E-state index contributed by atoms with van der Waals surface area (Å²) in [5.74, 6) is 0.455. The van der Waals surface area contributed by atoms with Gasteiger partial charge < -0.3 is 10.6 Å². The van der Waals surface area contributed by atoms with E-state index in [0.717, 1.165) is 11.1 Å². The molecule has 0 radical (unpaired) electrons. The molecule has 0 fully saturated rings. The lowest BCUT2D eigenvalue weighted by Crippen LogP contribution is -2.41. The van der Waals surface area contributed by atoms with Gasteiger partial charge in [0.25, 0.3) is 0 Å². The molecular formula is C21H28N4O2. The van der Waals surface area contributed by atoms with Crippen molar-refractivity contribution >= 4 is 17.6 Å². The Morgan fingerprint density at radius 2 is 1.70 bits per heavy atom.